The second-order valence-corrected chi connectivity index (χ2v) is 3.89. The van der Waals surface area contributed by atoms with Gasteiger partial charge in [-0.05, 0) is 19.4 Å². The summed E-state index contributed by atoms with van der Waals surface area (Å²) >= 11 is 0. The van der Waals surface area contributed by atoms with E-state index in [1.54, 1.807) is 0 Å². The molecule has 2 amide bonds. The highest BCUT2D eigenvalue weighted by molar-refractivity contribution is 5.88. The maximum atomic E-state index is 11.6. The molecule has 0 aliphatic carbocycles. The van der Waals surface area contributed by atoms with Crippen LogP contribution in [0.1, 0.15) is 19.3 Å². The van der Waals surface area contributed by atoms with E-state index in [9.17, 15) is 14.4 Å². The Hall–Kier alpha value is -1.63. The number of aliphatic carboxylic acids is 1. The number of carbonyl (C=O) groups is 3. The molecular weight excluding hydrogens is 226 g/mol. The number of piperidine rings is 1. The lowest BCUT2D eigenvalue weighted by molar-refractivity contribution is -0.137. The molecule has 96 valence electrons. The predicted molar refractivity (Wildman–Crippen MR) is 59.3 cm³/mol. The van der Waals surface area contributed by atoms with E-state index >= 15 is 0 Å². The van der Waals surface area contributed by atoms with Crippen LogP contribution < -0.4 is 16.0 Å². The monoisotopic (exact) mass is 243 g/mol. The molecule has 0 bridgehead atoms. The Morgan fingerprint density at radius 2 is 1.94 bits per heavy atom. The molecule has 1 atom stereocenters. The Morgan fingerprint density at radius 1 is 1.18 bits per heavy atom. The molecule has 7 nitrogen and oxygen atoms in total. The molecule has 0 radical (unpaired) electrons. The van der Waals surface area contributed by atoms with Crippen molar-refractivity contribution in [2.24, 2.45) is 0 Å². The van der Waals surface area contributed by atoms with Crippen molar-refractivity contribution in [3.05, 3.63) is 0 Å². The highest BCUT2D eigenvalue weighted by atomic mass is 16.4. The lowest BCUT2D eigenvalue weighted by atomic mass is 10.0. The third-order valence-corrected chi connectivity index (χ3v) is 2.49. The van der Waals surface area contributed by atoms with Crippen LogP contribution in [0.4, 0.5) is 0 Å². The van der Waals surface area contributed by atoms with Gasteiger partial charge in [-0.1, -0.05) is 6.42 Å². The van der Waals surface area contributed by atoms with E-state index in [1.807, 2.05) is 0 Å². The van der Waals surface area contributed by atoms with Gasteiger partial charge in [-0.3, -0.25) is 14.4 Å². The minimum Gasteiger partial charge on any atom is -0.480 e. The zero-order valence-corrected chi connectivity index (χ0v) is 9.49. The van der Waals surface area contributed by atoms with Crippen LogP contribution in [0.25, 0.3) is 0 Å². The van der Waals surface area contributed by atoms with Crippen molar-refractivity contribution in [2.45, 2.75) is 25.3 Å². The van der Waals surface area contributed by atoms with E-state index in [1.165, 1.54) is 0 Å². The van der Waals surface area contributed by atoms with E-state index in [0.29, 0.717) is 0 Å². The summed E-state index contributed by atoms with van der Waals surface area (Å²) in [6.07, 6.45) is 2.82. The Morgan fingerprint density at radius 3 is 2.53 bits per heavy atom. The number of nitrogens with one attached hydrogen (secondary N) is 3. The molecule has 7 heteroatoms. The number of carboxylic acids is 1. The van der Waals surface area contributed by atoms with Crippen LogP contribution >= 0.6 is 0 Å². The first kappa shape index (κ1) is 13.4. The molecule has 0 spiro atoms. The molecule has 17 heavy (non-hydrogen) atoms. The predicted octanol–water partition coefficient (Wildman–Crippen LogP) is -1.55. The van der Waals surface area contributed by atoms with Crippen molar-refractivity contribution in [1.82, 2.24) is 16.0 Å². The maximum Gasteiger partial charge on any atom is 0.322 e. The summed E-state index contributed by atoms with van der Waals surface area (Å²) in [7, 11) is 0. The largest absolute Gasteiger partial charge is 0.480 e. The second kappa shape index (κ2) is 6.85. The molecule has 0 aromatic rings. The lowest BCUT2D eigenvalue weighted by Crippen LogP contribution is -2.49. The van der Waals surface area contributed by atoms with Gasteiger partial charge in [-0.2, -0.15) is 0 Å². The molecule has 0 aromatic heterocycles. The van der Waals surface area contributed by atoms with Gasteiger partial charge in [0.05, 0.1) is 12.6 Å². The van der Waals surface area contributed by atoms with Crippen LogP contribution in [0.15, 0.2) is 0 Å². The quantitative estimate of drug-likeness (QED) is 0.467. The van der Waals surface area contributed by atoms with Crippen LogP contribution in [0.3, 0.4) is 0 Å². The van der Waals surface area contributed by atoms with E-state index < -0.39 is 18.4 Å². The molecular formula is C10H17N3O4. The third kappa shape index (κ3) is 5.30. The van der Waals surface area contributed by atoms with Crippen molar-refractivity contribution in [3.63, 3.8) is 0 Å². The number of amides is 2. The number of hydrogen-bond acceptors (Lipinski definition) is 4. The fraction of sp³-hybridized carbons (Fsp3) is 0.700. The minimum atomic E-state index is -1.11. The van der Waals surface area contributed by atoms with Crippen LogP contribution in [-0.2, 0) is 14.4 Å². The van der Waals surface area contributed by atoms with Gasteiger partial charge in [-0.25, -0.2) is 0 Å². The highest BCUT2D eigenvalue weighted by Crippen LogP contribution is 2.06. The fourth-order valence-corrected chi connectivity index (χ4v) is 1.60. The van der Waals surface area contributed by atoms with Crippen molar-refractivity contribution < 1.29 is 19.5 Å². The van der Waals surface area contributed by atoms with Crippen molar-refractivity contribution in [3.8, 4) is 0 Å². The van der Waals surface area contributed by atoms with Crippen molar-refractivity contribution >= 4 is 17.8 Å². The molecule has 0 aromatic carbocycles. The standard InChI is InChI=1S/C10H17N3O4/c14-8(12-6-9(15)16)5-13-10(17)7-3-1-2-4-11-7/h7,11H,1-6H2,(H,12,14)(H,13,17)(H,15,16)/t7-/m1/s1. The summed E-state index contributed by atoms with van der Waals surface area (Å²) in [5, 5.41) is 16.0. The van der Waals surface area contributed by atoms with Gasteiger partial charge in [0.1, 0.15) is 6.54 Å². The first-order chi connectivity index (χ1) is 8.09. The van der Waals surface area contributed by atoms with Gasteiger partial charge >= 0.3 is 5.97 Å². The molecule has 0 saturated carbocycles. The van der Waals surface area contributed by atoms with Crippen molar-refractivity contribution in [2.75, 3.05) is 19.6 Å². The van der Waals surface area contributed by atoms with E-state index in [0.717, 1.165) is 25.8 Å². The average molecular weight is 243 g/mol. The SMILES string of the molecule is O=C(O)CNC(=O)CNC(=O)[C@H]1CCCCN1. The van der Waals surface area contributed by atoms with Crippen LogP contribution in [0.5, 0.6) is 0 Å². The average Bonchev–Trinajstić information content (AvgIpc) is 2.34. The smallest absolute Gasteiger partial charge is 0.322 e. The Labute approximate surface area is 98.9 Å². The first-order valence-electron chi connectivity index (χ1n) is 5.59. The van der Waals surface area contributed by atoms with E-state index in [-0.39, 0.29) is 18.5 Å². The minimum absolute atomic E-state index is 0.190. The van der Waals surface area contributed by atoms with E-state index in [2.05, 4.69) is 16.0 Å². The van der Waals surface area contributed by atoms with Gasteiger partial charge in [0.2, 0.25) is 11.8 Å². The normalized spacial score (nSPS) is 19.4. The highest BCUT2D eigenvalue weighted by Gasteiger charge is 2.20. The number of hydrogen-bond donors (Lipinski definition) is 4. The maximum absolute atomic E-state index is 11.6. The summed E-state index contributed by atoms with van der Waals surface area (Å²) in [6.45, 7) is 0.184. The number of rotatable bonds is 5. The summed E-state index contributed by atoms with van der Waals surface area (Å²) in [5.41, 5.74) is 0. The topological polar surface area (TPSA) is 108 Å². The molecule has 1 rings (SSSR count). The summed E-state index contributed by atoms with van der Waals surface area (Å²) in [4.78, 5) is 32.9. The van der Waals surface area contributed by atoms with Gasteiger partial charge in [0.15, 0.2) is 0 Å². The van der Waals surface area contributed by atoms with Crippen molar-refractivity contribution in [1.29, 1.82) is 0 Å². The molecule has 1 fully saturated rings. The number of carbonyl (C=O) groups excluding carboxylic acids is 2. The Bertz CT molecular complexity index is 300. The van der Waals surface area contributed by atoms with Gasteiger partial charge in [0.25, 0.3) is 0 Å². The third-order valence-electron chi connectivity index (χ3n) is 2.49. The molecule has 0 unspecified atom stereocenters. The first-order valence-corrected chi connectivity index (χ1v) is 5.59. The van der Waals surface area contributed by atoms with Gasteiger partial charge in [0, 0.05) is 0 Å². The summed E-state index contributed by atoms with van der Waals surface area (Å²) < 4.78 is 0. The summed E-state index contributed by atoms with van der Waals surface area (Å²) in [5.74, 6) is -1.83. The fourth-order valence-electron chi connectivity index (χ4n) is 1.60. The molecule has 1 heterocycles. The van der Waals surface area contributed by atoms with Crippen LogP contribution in [0, 0.1) is 0 Å². The molecule has 4 N–H and O–H groups in total. The van der Waals surface area contributed by atoms with Gasteiger partial charge in [-0.15, -0.1) is 0 Å². The molecule has 1 saturated heterocycles. The van der Waals surface area contributed by atoms with Crippen LogP contribution in [-0.4, -0.2) is 48.6 Å². The van der Waals surface area contributed by atoms with E-state index in [4.69, 9.17) is 5.11 Å². The molecule has 1 aliphatic heterocycles. The molecule has 1 aliphatic rings. The zero-order chi connectivity index (χ0) is 12.7. The lowest BCUT2D eigenvalue weighted by Gasteiger charge is -2.22. The van der Waals surface area contributed by atoms with Crippen LogP contribution in [0.2, 0.25) is 0 Å². The zero-order valence-electron chi connectivity index (χ0n) is 9.49. The summed E-state index contributed by atoms with van der Waals surface area (Å²) in [6, 6.07) is -0.240. The van der Waals surface area contributed by atoms with Gasteiger partial charge < -0.3 is 21.1 Å². The Balaban J connectivity index is 2.18. The Kier molecular flexibility index (Phi) is 5.41. The number of carboxylic acid groups (broad SMARTS) is 1. The second-order valence-electron chi connectivity index (χ2n) is 3.89.